The summed E-state index contributed by atoms with van der Waals surface area (Å²) in [6.07, 6.45) is 9.15. The lowest BCUT2D eigenvalue weighted by Gasteiger charge is -2.18. The number of methoxy groups -OCH3 is 1. The number of hydrogen-bond acceptors (Lipinski definition) is 2. The smallest absolute Gasteiger partial charge is 0.119 e. The first-order valence-corrected chi connectivity index (χ1v) is 8.16. The van der Waals surface area contributed by atoms with E-state index >= 15 is 0 Å². The van der Waals surface area contributed by atoms with Crippen molar-refractivity contribution in [2.24, 2.45) is 0 Å². The van der Waals surface area contributed by atoms with E-state index in [2.05, 4.69) is 37.4 Å². The van der Waals surface area contributed by atoms with Crippen molar-refractivity contribution in [2.45, 2.75) is 64.8 Å². The fourth-order valence-corrected chi connectivity index (χ4v) is 2.64. The monoisotopic (exact) mass is 277 g/mol. The second-order valence-corrected chi connectivity index (χ2v) is 5.51. The second kappa shape index (κ2) is 10.7. The van der Waals surface area contributed by atoms with Gasteiger partial charge in [-0.25, -0.2) is 0 Å². The highest BCUT2D eigenvalue weighted by atomic mass is 16.5. The molecule has 0 radical (unpaired) electrons. The molecule has 0 fully saturated rings. The molecular weight excluding hydrogens is 246 g/mol. The highest BCUT2D eigenvalue weighted by Crippen LogP contribution is 2.16. The fourth-order valence-electron chi connectivity index (χ4n) is 2.64. The third kappa shape index (κ3) is 6.95. The third-order valence-corrected chi connectivity index (χ3v) is 3.77. The van der Waals surface area contributed by atoms with Gasteiger partial charge in [-0.3, -0.25) is 0 Å². The summed E-state index contributed by atoms with van der Waals surface area (Å²) in [5.74, 6) is 0.959. The topological polar surface area (TPSA) is 21.3 Å². The maximum Gasteiger partial charge on any atom is 0.119 e. The Morgan fingerprint density at radius 1 is 1.10 bits per heavy atom. The van der Waals surface area contributed by atoms with Crippen LogP contribution in [0.1, 0.15) is 57.9 Å². The van der Waals surface area contributed by atoms with Crippen LogP contribution in [-0.2, 0) is 6.42 Å². The van der Waals surface area contributed by atoms with Gasteiger partial charge in [0.05, 0.1) is 7.11 Å². The first kappa shape index (κ1) is 17.0. The first-order chi connectivity index (χ1) is 9.80. The minimum Gasteiger partial charge on any atom is -0.497 e. The fraction of sp³-hybridized carbons (Fsp3) is 0.667. The van der Waals surface area contributed by atoms with Crippen molar-refractivity contribution in [3.05, 3.63) is 29.8 Å². The maximum absolute atomic E-state index is 5.30. The zero-order valence-electron chi connectivity index (χ0n) is 13.5. The highest BCUT2D eigenvalue weighted by molar-refractivity contribution is 5.28. The molecule has 0 amide bonds. The van der Waals surface area contributed by atoms with Crippen molar-refractivity contribution in [3.8, 4) is 5.75 Å². The van der Waals surface area contributed by atoms with Gasteiger partial charge < -0.3 is 10.1 Å². The molecule has 2 nitrogen and oxygen atoms in total. The van der Waals surface area contributed by atoms with Crippen LogP contribution in [0.3, 0.4) is 0 Å². The van der Waals surface area contributed by atoms with Gasteiger partial charge in [-0.05, 0) is 37.1 Å². The van der Waals surface area contributed by atoms with Gasteiger partial charge >= 0.3 is 0 Å². The molecule has 1 N–H and O–H groups in total. The molecule has 0 bridgehead atoms. The quantitative estimate of drug-likeness (QED) is 0.598. The Morgan fingerprint density at radius 2 is 1.90 bits per heavy atom. The van der Waals surface area contributed by atoms with Crippen molar-refractivity contribution < 1.29 is 4.74 Å². The molecule has 0 aliphatic heterocycles. The molecule has 114 valence electrons. The van der Waals surface area contributed by atoms with E-state index in [-0.39, 0.29) is 0 Å². The molecule has 1 rings (SSSR count). The summed E-state index contributed by atoms with van der Waals surface area (Å²) >= 11 is 0. The summed E-state index contributed by atoms with van der Waals surface area (Å²) in [4.78, 5) is 0. The van der Waals surface area contributed by atoms with Crippen LogP contribution < -0.4 is 10.1 Å². The van der Waals surface area contributed by atoms with E-state index in [0.717, 1.165) is 18.7 Å². The van der Waals surface area contributed by atoms with Crippen LogP contribution in [0, 0.1) is 0 Å². The average molecular weight is 277 g/mol. The maximum atomic E-state index is 5.30. The van der Waals surface area contributed by atoms with Gasteiger partial charge in [0.25, 0.3) is 0 Å². The van der Waals surface area contributed by atoms with Crippen molar-refractivity contribution in [2.75, 3.05) is 13.7 Å². The SMILES string of the molecule is CCCCCCCC(Cc1cccc(OC)c1)NCC. The molecule has 1 atom stereocenters. The number of rotatable bonds is 11. The summed E-state index contributed by atoms with van der Waals surface area (Å²) in [6, 6.07) is 9.04. The zero-order chi connectivity index (χ0) is 14.6. The van der Waals surface area contributed by atoms with E-state index in [1.54, 1.807) is 7.11 Å². The van der Waals surface area contributed by atoms with E-state index in [0.29, 0.717) is 6.04 Å². The van der Waals surface area contributed by atoms with Crippen LogP contribution >= 0.6 is 0 Å². The molecule has 0 spiro atoms. The lowest BCUT2D eigenvalue weighted by Crippen LogP contribution is -2.30. The molecule has 2 heteroatoms. The molecule has 20 heavy (non-hydrogen) atoms. The molecular formula is C18H31NO. The molecule has 0 aliphatic carbocycles. The van der Waals surface area contributed by atoms with Crippen LogP contribution in [0.5, 0.6) is 5.75 Å². The van der Waals surface area contributed by atoms with Gasteiger partial charge in [-0.2, -0.15) is 0 Å². The van der Waals surface area contributed by atoms with Gasteiger partial charge in [-0.15, -0.1) is 0 Å². The Morgan fingerprint density at radius 3 is 2.60 bits per heavy atom. The molecule has 1 aromatic carbocycles. The van der Waals surface area contributed by atoms with Gasteiger partial charge in [0.2, 0.25) is 0 Å². The molecule has 0 aromatic heterocycles. The number of unbranched alkanes of at least 4 members (excludes halogenated alkanes) is 4. The Labute approximate surface area is 124 Å². The number of ether oxygens (including phenoxy) is 1. The van der Waals surface area contributed by atoms with Gasteiger partial charge in [-0.1, -0.05) is 58.1 Å². The van der Waals surface area contributed by atoms with Crippen LogP contribution in [0.25, 0.3) is 0 Å². The van der Waals surface area contributed by atoms with E-state index in [4.69, 9.17) is 4.74 Å². The first-order valence-electron chi connectivity index (χ1n) is 8.16. The summed E-state index contributed by atoms with van der Waals surface area (Å²) in [5, 5.41) is 3.62. The van der Waals surface area contributed by atoms with Crippen molar-refractivity contribution >= 4 is 0 Å². The number of hydrogen-bond donors (Lipinski definition) is 1. The minimum absolute atomic E-state index is 0.591. The summed E-state index contributed by atoms with van der Waals surface area (Å²) in [7, 11) is 1.73. The summed E-state index contributed by atoms with van der Waals surface area (Å²) < 4.78 is 5.30. The number of benzene rings is 1. The molecule has 0 heterocycles. The van der Waals surface area contributed by atoms with E-state index in [1.807, 2.05) is 6.07 Å². The van der Waals surface area contributed by atoms with E-state index in [1.165, 1.54) is 44.1 Å². The van der Waals surface area contributed by atoms with E-state index in [9.17, 15) is 0 Å². The summed E-state index contributed by atoms with van der Waals surface area (Å²) in [6.45, 7) is 5.50. The molecule has 1 aromatic rings. The molecule has 0 saturated heterocycles. The summed E-state index contributed by atoms with van der Waals surface area (Å²) in [5.41, 5.74) is 1.36. The number of likely N-dealkylation sites (N-methyl/N-ethyl adjacent to an activating group) is 1. The van der Waals surface area contributed by atoms with Crippen LogP contribution in [0.15, 0.2) is 24.3 Å². The van der Waals surface area contributed by atoms with E-state index < -0.39 is 0 Å². The van der Waals surface area contributed by atoms with Gasteiger partial charge in [0.15, 0.2) is 0 Å². The Hall–Kier alpha value is -1.02. The van der Waals surface area contributed by atoms with Gasteiger partial charge in [0.1, 0.15) is 5.75 Å². The van der Waals surface area contributed by atoms with Crippen LogP contribution in [0.2, 0.25) is 0 Å². The van der Waals surface area contributed by atoms with Gasteiger partial charge in [0, 0.05) is 6.04 Å². The average Bonchev–Trinajstić information content (AvgIpc) is 2.47. The predicted molar refractivity (Wildman–Crippen MR) is 87.5 cm³/mol. The minimum atomic E-state index is 0.591. The largest absolute Gasteiger partial charge is 0.497 e. The zero-order valence-corrected chi connectivity index (χ0v) is 13.5. The molecule has 0 saturated carbocycles. The lowest BCUT2D eigenvalue weighted by molar-refractivity contribution is 0.413. The predicted octanol–water partition coefficient (Wildman–Crippen LogP) is 4.58. The highest BCUT2D eigenvalue weighted by Gasteiger charge is 2.08. The number of nitrogens with one attached hydrogen (secondary N) is 1. The normalized spacial score (nSPS) is 12.3. The van der Waals surface area contributed by atoms with Crippen LogP contribution in [-0.4, -0.2) is 19.7 Å². The standard InChI is InChI=1S/C18H31NO/c1-4-6-7-8-9-12-17(19-5-2)14-16-11-10-13-18(15-16)20-3/h10-11,13,15,17,19H,4-9,12,14H2,1-3H3. The Kier molecular flexibility index (Phi) is 9.14. The van der Waals surface area contributed by atoms with Crippen LogP contribution in [0.4, 0.5) is 0 Å². The third-order valence-electron chi connectivity index (χ3n) is 3.77. The Bertz CT molecular complexity index is 351. The lowest BCUT2D eigenvalue weighted by atomic mass is 9.99. The molecule has 1 unspecified atom stereocenters. The second-order valence-electron chi connectivity index (χ2n) is 5.51. The van der Waals surface area contributed by atoms with Crippen molar-refractivity contribution in [3.63, 3.8) is 0 Å². The van der Waals surface area contributed by atoms with Crippen molar-refractivity contribution in [1.29, 1.82) is 0 Å². The Balaban J connectivity index is 2.40. The van der Waals surface area contributed by atoms with Crippen molar-refractivity contribution in [1.82, 2.24) is 5.32 Å². The molecule has 0 aliphatic rings.